The number of ketones is 1. The van der Waals surface area contributed by atoms with Crippen LogP contribution in [-0.4, -0.2) is 5.78 Å². The van der Waals surface area contributed by atoms with Gasteiger partial charge in [-0.1, -0.05) is 11.6 Å². The van der Waals surface area contributed by atoms with E-state index >= 15 is 0 Å². The molecule has 0 spiro atoms. The number of terminal acetylenes is 1. The number of benzene rings is 1. The summed E-state index contributed by atoms with van der Waals surface area (Å²) in [5, 5.41) is 0.596. The Kier molecular flexibility index (Phi) is 2.30. The average molecular weight is 165 g/mol. The zero-order valence-electron chi connectivity index (χ0n) is 5.67. The smallest absolute Gasteiger partial charge is 0.235 e. The molecule has 0 heterocycles. The van der Waals surface area contributed by atoms with Gasteiger partial charge in [-0.25, -0.2) is 0 Å². The molecule has 2 heteroatoms. The normalized spacial score (nSPS) is 8.73. The highest BCUT2D eigenvalue weighted by Gasteiger charge is 1.99. The van der Waals surface area contributed by atoms with E-state index in [1.807, 2.05) is 5.92 Å². The van der Waals surface area contributed by atoms with E-state index in [0.29, 0.717) is 10.6 Å². The third-order valence-corrected chi connectivity index (χ3v) is 1.49. The van der Waals surface area contributed by atoms with Crippen molar-refractivity contribution in [2.24, 2.45) is 0 Å². The first-order valence-electron chi connectivity index (χ1n) is 3.00. The van der Waals surface area contributed by atoms with Crippen LogP contribution in [0.1, 0.15) is 10.4 Å². The van der Waals surface area contributed by atoms with E-state index in [-0.39, 0.29) is 5.78 Å². The Morgan fingerprint density at radius 3 is 2.36 bits per heavy atom. The number of carbonyl (C=O) groups excluding carboxylic acids is 1. The molecule has 1 nitrogen and oxygen atoms in total. The van der Waals surface area contributed by atoms with E-state index in [4.69, 9.17) is 18.0 Å². The molecular formula is C9H5ClO. The molecule has 54 valence electrons. The first kappa shape index (κ1) is 7.84. The van der Waals surface area contributed by atoms with Gasteiger partial charge in [-0.05, 0) is 30.2 Å². The molecule has 0 N–H and O–H groups in total. The lowest BCUT2D eigenvalue weighted by molar-refractivity contribution is 0.105. The molecule has 0 aliphatic carbocycles. The maximum atomic E-state index is 10.8. The third-order valence-electron chi connectivity index (χ3n) is 1.24. The summed E-state index contributed by atoms with van der Waals surface area (Å²) in [7, 11) is 0. The molecular weight excluding hydrogens is 160 g/mol. The lowest BCUT2D eigenvalue weighted by atomic mass is 10.1. The summed E-state index contributed by atoms with van der Waals surface area (Å²) in [6, 6.07) is 6.47. The van der Waals surface area contributed by atoms with Gasteiger partial charge in [0.15, 0.2) is 0 Å². The summed E-state index contributed by atoms with van der Waals surface area (Å²) in [5.41, 5.74) is 0.497. The molecule has 0 aliphatic rings. The highest BCUT2D eigenvalue weighted by atomic mass is 35.5. The van der Waals surface area contributed by atoms with Crippen LogP contribution >= 0.6 is 11.6 Å². The topological polar surface area (TPSA) is 17.1 Å². The highest BCUT2D eigenvalue weighted by Crippen LogP contribution is 2.09. The molecule has 0 amide bonds. The molecule has 0 aliphatic heterocycles. The minimum Gasteiger partial charge on any atom is -0.279 e. The van der Waals surface area contributed by atoms with Crippen LogP contribution in [0.25, 0.3) is 0 Å². The average Bonchev–Trinajstić information content (AvgIpc) is 2.05. The molecule has 11 heavy (non-hydrogen) atoms. The number of carbonyl (C=O) groups is 1. The van der Waals surface area contributed by atoms with Crippen LogP contribution in [0.2, 0.25) is 5.02 Å². The molecule has 0 saturated carbocycles. The van der Waals surface area contributed by atoms with E-state index in [9.17, 15) is 4.79 Å². The van der Waals surface area contributed by atoms with E-state index in [1.54, 1.807) is 24.3 Å². The zero-order chi connectivity index (χ0) is 8.27. The molecule has 0 aromatic heterocycles. The van der Waals surface area contributed by atoms with E-state index in [2.05, 4.69) is 0 Å². The lowest BCUT2D eigenvalue weighted by Gasteiger charge is -1.92. The van der Waals surface area contributed by atoms with Gasteiger partial charge in [-0.15, -0.1) is 6.42 Å². The van der Waals surface area contributed by atoms with Crippen molar-refractivity contribution in [3.63, 3.8) is 0 Å². The summed E-state index contributed by atoms with van der Waals surface area (Å²) in [4.78, 5) is 10.8. The van der Waals surface area contributed by atoms with Crippen LogP contribution in [0, 0.1) is 12.3 Å². The molecule has 0 radical (unpaired) electrons. The summed E-state index contributed by atoms with van der Waals surface area (Å²) >= 11 is 5.60. The number of hydrogen-bond acceptors (Lipinski definition) is 1. The van der Waals surface area contributed by atoms with E-state index in [0.717, 1.165) is 0 Å². The summed E-state index contributed by atoms with van der Waals surface area (Å²) in [6.07, 6.45) is 4.91. The lowest BCUT2D eigenvalue weighted by Crippen LogP contribution is -1.92. The second kappa shape index (κ2) is 3.23. The molecule has 0 fully saturated rings. The summed E-state index contributed by atoms with van der Waals surface area (Å²) in [6.45, 7) is 0. The summed E-state index contributed by atoms with van der Waals surface area (Å²) < 4.78 is 0. The van der Waals surface area contributed by atoms with Gasteiger partial charge in [0.25, 0.3) is 0 Å². The highest BCUT2D eigenvalue weighted by molar-refractivity contribution is 6.30. The van der Waals surface area contributed by atoms with Gasteiger partial charge in [0.05, 0.1) is 0 Å². The molecule has 0 atom stereocenters. The molecule has 0 saturated heterocycles. The molecule has 1 aromatic carbocycles. The molecule has 0 bridgehead atoms. The van der Waals surface area contributed by atoms with Gasteiger partial charge in [-0.2, -0.15) is 0 Å². The summed E-state index contributed by atoms with van der Waals surface area (Å²) in [5.74, 6) is 1.70. The Labute approximate surface area is 70.0 Å². The molecule has 1 aromatic rings. The van der Waals surface area contributed by atoms with Gasteiger partial charge >= 0.3 is 0 Å². The minimum absolute atomic E-state index is 0.318. The fraction of sp³-hybridized carbons (Fsp3) is 0. The maximum Gasteiger partial charge on any atom is 0.235 e. The number of hydrogen-bond donors (Lipinski definition) is 0. The Bertz CT molecular complexity index is 305. The van der Waals surface area contributed by atoms with Gasteiger partial charge < -0.3 is 0 Å². The van der Waals surface area contributed by atoms with Crippen LogP contribution in [0.4, 0.5) is 0 Å². The molecule has 0 unspecified atom stereocenters. The van der Waals surface area contributed by atoms with Crippen molar-refractivity contribution in [2.45, 2.75) is 0 Å². The Morgan fingerprint density at radius 1 is 1.36 bits per heavy atom. The van der Waals surface area contributed by atoms with Crippen molar-refractivity contribution in [2.75, 3.05) is 0 Å². The predicted octanol–water partition coefficient (Wildman–Crippen LogP) is 2.16. The predicted molar refractivity (Wildman–Crippen MR) is 44.6 cm³/mol. The number of halogens is 1. The Balaban J connectivity index is 3.01. The minimum atomic E-state index is -0.318. The van der Waals surface area contributed by atoms with Gasteiger partial charge in [0, 0.05) is 10.6 Å². The van der Waals surface area contributed by atoms with Crippen molar-refractivity contribution in [3.8, 4) is 12.3 Å². The van der Waals surface area contributed by atoms with Crippen molar-refractivity contribution in [1.82, 2.24) is 0 Å². The van der Waals surface area contributed by atoms with Crippen LogP contribution in [0.15, 0.2) is 24.3 Å². The first-order valence-corrected chi connectivity index (χ1v) is 3.38. The number of Topliss-reactive ketones (excluding diaryl/α,β-unsaturated/α-hetero) is 1. The van der Waals surface area contributed by atoms with Gasteiger partial charge in [0.1, 0.15) is 0 Å². The SMILES string of the molecule is C#CC(=O)c1ccc(Cl)cc1. The molecule has 1 rings (SSSR count). The standard InChI is InChI=1S/C9H5ClO/c1-2-9(11)7-3-5-8(10)6-4-7/h1,3-6H. The van der Waals surface area contributed by atoms with E-state index in [1.165, 1.54) is 0 Å². The van der Waals surface area contributed by atoms with Crippen molar-refractivity contribution >= 4 is 17.4 Å². The third kappa shape index (κ3) is 1.83. The second-order valence-electron chi connectivity index (χ2n) is 1.98. The monoisotopic (exact) mass is 164 g/mol. The fourth-order valence-corrected chi connectivity index (χ4v) is 0.811. The van der Waals surface area contributed by atoms with Crippen molar-refractivity contribution in [1.29, 1.82) is 0 Å². The largest absolute Gasteiger partial charge is 0.279 e. The number of rotatable bonds is 1. The zero-order valence-corrected chi connectivity index (χ0v) is 6.43. The first-order chi connectivity index (χ1) is 5.24. The van der Waals surface area contributed by atoms with Crippen LogP contribution in [-0.2, 0) is 0 Å². The fourth-order valence-electron chi connectivity index (χ4n) is 0.685. The maximum absolute atomic E-state index is 10.8. The van der Waals surface area contributed by atoms with Crippen molar-refractivity contribution in [3.05, 3.63) is 34.9 Å². The van der Waals surface area contributed by atoms with Gasteiger partial charge in [-0.3, -0.25) is 4.79 Å². The van der Waals surface area contributed by atoms with Crippen LogP contribution in [0.3, 0.4) is 0 Å². The second-order valence-corrected chi connectivity index (χ2v) is 2.42. The van der Waals surface area contributed by atoms with E-state index < -0.39 is 0 Å². The Hall–Kier alpha value is -1.26. The quantitative estimate of drug-likeness (QED) is 0.353. The van der Waals surface area contributed by atoms with Crippen molar-refractivity contribution < 1.29 is 4.79 Å². The van der Waals surface area contributed by atoms with Crippen LogP contribution < -0.4 is 0 Å². The Morgan fingerprint density at radius 2 is 1.91 bits per heavy atom. The van der Waals surface area contributed by atoms with Gasteiger partial charge in [0.2, 0.25) is 5.78 Å². The van der Waals surface area contributed by atoms with Crippen LogP contribution in [0.5, 0.6) is 0 Å².